The van der Waals surface area contributed by atoms with E-state index in [0.717, 1.165) is 5.56 Å². The van der Waals surface area contributed by atoms with E-state index in [0.29, 0.717) is 17.2 Å². The van der Waals surface area contributed by atoms with Gasteiger partial charge in [0.25, 0.3) is 10.0 Å². The molecule has 3 rings (SSSR count). The van der Waals surface area contributed by atoms with Crippen molar-refractivity contribution in [1.29, 1.82) is 0 Å². The van der Waals surface area contributed by atoms with Crippen LogP contribution < -0.4 is 13.8 Å². The summed E-state index contributed by atoms with van der Waals surface area (Å²) in [5, 5.41) is 0. The molecule has 0 aliphatic heterocycles. The molecule has 0 N–H and O–H groups in total. The molecule has 0 unspecified atom stereocenters. The molecule has 0 saturated carbocycles. The number of hydrogen-bond donors (Lipinski definition) is 0. The first kappa shape index (κ1) is 19.8. The van der Waals surface area contributed by atoms with Crippen LogP contribution in [0.25, 0.3) is 0 Å². The molecule has 0 aliphatic carbocycles. The Bertz CT molecular complexity index is 1020. The summed E-state index contributed by atoms with van der Waals surface area (Å²) in [6.45, 7) is 1.87. The van der Waals surface area contributed by atoms with Crippen LogP contribution in [0.2, 0.25) is 0 Å². The number of anilines is 1. The molecule has 0 spiro atoms. The van der Waals surface area contributed by atoms with Gasteiger partial charge >= 0.3 is 0 Å². The van der Waals surface area contributed by atoms with Crippen molar-refractivity contribution >= 4 is 15.7 Å². The zero-order chi connectivity index (χ0) is 20.1. The number of sulfonamides is 1. The molecule has 6 heteroatoms. The fourth-order valence-corrected chi connectivity index (χ4v) is 4.72. The van der Waals surface area contributed by atoms with Gasteiger partial charge in [-0.3, -0.25) is 4.31 Å². The molecule has 3 aromatic rings. The Morgan fingerprint density at radius 3 is 2.04 bits per heavy atom. The van der Waals surface area contributed by atoms with Gasteiger partial charge in [0.2, 0.25) is 0 Å². The highest BCUT2D eigenvalue weighted by Gasteiger charge is 2.30. The van der Waals surface area contributed by atoms with Crippen LogP contribution in [0, 0.1) is 0 Å². The van der Waals surface area contributed by atoms with Gasteiger partial charge in [-0.1, -0.05) is 36.4 Å². The molecule has 28 heavy (non-hydrogen) atoms. The summed E-state index contributed by atoms with van der Waals surface area (Å²) < 4.78 is 39.1. The Labute approximate surface area is 166 Å². The van der Waals surface area contributed by atoms with Crippen molar-refractivity contribution < 1.29 is 17.9 Å². The van der Waals surface area contributed by atoms with Gasteiger partial charge in [-0.25, -0.2) is 8.42 Å². The molecule has 0 bridgehead atoms. The van der Waals surface area contributed by atoms with Gasteiger partial charge in [-0.15, -0.1) is 0 Å². The Balaban J connectivity index is 2.13. The van der Waals surface area contributed by atoms with Crippen molar-refractivity contribution in [2.24, 2.45) is 0 Å². The maximum Gasteiger partial charge on any atom is 0.265 e. The molecule has 0 saturated heterocycles. The average Bonchev–Trinajstić information content (AvgIpc) is 2.75. The highest BCUT2D eigenvalue weighted by molar-refractivity contribution is 7.92. The lowest BCUT2D eigenvalue weighted by molar-refractivity contribution is 0.413. The van der Waals surface area contributed by atoms with Gasteiger partial charge in [0.05, 0.1) is 30.8 Å². The predicted molar refractivity (Wildman–Crippen MR) is 111 cm³/mol. The van der Waals surface area contributed by atoms with Crippen LogP contribution in [0.4, 0.5) is 5.69 Å². The Hall–Kier alpha value is -2.99. The summed E-state index contributed by atoms with van der Waals surface area (Å²) >= 11 is 0. The van der Waals surface area contributed by atoms with Gasteiger partial charge in [0.1, 0.15) is 11.5 Å². The molecular formula is C22H23NO4S. The Kier molecular flexibility index (Phi) is 5.90. The van der Waals surface area contributed by atoms with E-state index in [-0.39, 0.29) is 4.90 Å². The molecule has 3 aromatic carbocycles. The van der Waals surface area contributed by atoms with Crippen molar-refractivity contribution in [2.75, 3.05) is 18.5 Å². The number of hydrogen-bond acceptors (Lipinski definition) is 4. The monoisotopic (exact) mass is 397 g/mol. The lowest BCUT2D eigenvalue weighted by Gasteiger charge is -2.31. The van der Waals surface area contributed by atoms with Crippen LogP contribution in [0.5, 0.6) is 11.5 Å². The fraction of sp³-hybridized carbons (Fsp3) is 0.182. The van der Waals surface area contributed by atoms with E-state index >= 15 is 0 Å². The Morgan fingerprint density at radius 1 is 0.786 bits per heavy atom. The lowest BCUT2D eigenvalue weighted by atomic mass is 10.1. The zero-order valence-corrected chi connectivity index (χ0v) is 16.9. The topological polar surface area (TPSA) is 55.8 Å². The average molecular weight is 397 g/mol. The van der Waals surface area contributed by atoms with Crippen LogP contribution in [0.1, 0.15) is 18.5 Å². The molecule has 0 aliphatic rings. The summed E-state index contributed by atoms with van der Waals surface area (Å²) in [4.78, 5) is 0.172. The maximum atomic E-state index is 13.6. The van der Waals surface area contributed by atoms with Crippen LogP contribution in [-0.4, -0.2) is 22.6 Å². The molecule has 0 aromatic heterocycles. The van der Waals surface area contributed by atoms with Gasteiger partial charge < -0.3 is 9.47 Å². The molecule has 0 heterocycles. The number of rotatable bonds is 7. The highest BCUT2D eigenvalue weighted by atomic mass is 32.2. The van der Waals surface area contributed by atoms with Gasteiger partial charge in [-0.2, -0.15) is 0 Å². The molecule has 1 atom stereocenters. The SMILES string of the molecule is COc1ccc(N([C@H](C)c2ccccc2)S(=O)(=O)c2cccc(OC)c2)cc1. The second kappa shape index (κ2) is 8.35. The van der Waals surface area contributed by atoms with Crippen molar-refractivity contribution in [3.05, 3.63) is 84.4 Å². The van der Waals surface area contributed by atoms with Gasteiger partial charge in [0.15, 0.2) is 0 Å². The largest absolute Gasteiger partial charge is 0.497 e. The second-order valence-corrected chi connectivity index (χ2v) is 8.08. The predicted octanol–water partition coefficient (Wildman–Crippen LogP) is 4.66. The van der Waals surface area contributed by atoms with E-state index in [9.17, 15) is 8.42 Å². The molecule has 5 nitrogen and oxygen atoms in total. The third-order valence-corrected chi connectivity index (χ3v) is 6.45. The zero-order valence-electron chi connectivity index (χ0n) is 16.1. The minimum Gasteiger partial charge on any atom is -0.497 e. The standard InChI is InChI=1S/C22H23NO4S/c1-17(18-8-5-4-6-9-18)23(19-12-14-20(26-2)15-13-19)28(24,25)22-11-7-10-21(16-22)27-3/h4-17H,1-3H3/t17-/m1/s1. The molecular weight excluding hydrogens is 374 g/mol. The molecule has 0 fully saturated rings. The summed E-state index contributed by atoms with van der Waals surface area (Å²) in [6, 6.07) is 22.6. The molecule has 146 valence electrons. The number of benzene rings is 3. The van der Waals surface area contributed by atoms with E-state index in [1.165, 1.54) is 17.5 Å². The first-order valence-electron chi connectivity index (χ1n) is 8.85. The van der Waals surface area contributed by atoms with E-state index in [1.807, 2.05) is 37.3 Å². The minimum atomic E-state index is -3.84. The van der Waals surface area contributed by atoms with Gasteiger partial charge in [-0.05, 0) is 48.9 Å². The third-order valence-electron chi connectivity index (χ3n) is 4.56. The normalized spacial score (nSPS) is 12.2. The minimum absolute atomic E-state index is 0.172. The molecule has 0 amide bonds. The summed E-state index contributed by atoms with van der Waals surface area (Å²) in [5.41, 5.74) is 1.45. The summed E-state index contributed by atoms with van der Waals surface area (Å²) in [5.74, 6) is 1.15. The van der Waals surface area contributed by atoms with Crippen molar-refractivity contribution in [2.45, 2.75) is 17.9 Å². The Morgan fingerprint density at radius 2 is 1.43 bits per heavy atom. The lowest BCUT2D eigenvalue weighted by Crippen LogP contribution is -2.33. The smallest absolute Gasteiger partial charge is 0.265 e. The van der Waals surface area contributed by atoms with E-state index < -0.39 is 16.1 Å². The summed E-state index contributed by atoms with van der Waals surface area (Å²) in [6.07, 6.45) is 0. The second-order valence-electron chi connectivity index (χ2n) is 6.26. The van der Waals surface area contributed by atoms with Crippen molar-refractivity contribution in [1.82, 2.24) is 0 Å². The third kappa shape index (κ3) is 3.97. The van der Waals surface area contributed by atoms with Gasteiger partial charge in [0, 0.05) is 6.07 Å². The van der Waals surface area contributed by atoms with Crippen LogP contribution in [-0.2, 0) is 10.0 Å². The highest BCUT2D eigenvalue weighted by Crippen LogP contribution is 2.34. The maximum absolute atomic E-state index is 13.6. The van der Waals surface area contributed by atoms with E-state index in [2.05, 4.69) is 0 Å². The van der Waals surface area contributed by atoms with Crippen LogP contribution >= 0.6 is 0 Å². The van der Waals surface area contributed by atoms with E-state index in [4.69, 9.17) is 9.47 Å². The molecule has 0 radical (unpaired) electrons. The van der Waals surface area contributed by atoms with Crippen molar-refractivity contribution in [3.63, 3.8) is 0 Å². The van der Waals surface area contributed by atoms with Crippen LogP contribution in [0.15, 0.2) is 83.8 Å². The van der Waals surface area contributed by atoms with Crippen LogP contribution in [0.3, 0.4) is 0 Å². The number of nitrogens with zero attached hydrogens (tertiary/aromatic N) is 1. The van der Waals surface area contributed by atoms with Crippen molar-refractivity contribution in [3.8, 4) is 11.5 Å². The van der Waals surface area contributed by atoms with E-state index in [1.54, 1.807) is 49.6 Å². The first-order valence-corrected chi connectivity index (χ1v) is 10.3. The fourth-order valence-electron chi connectivity index (χ4n) is 3.04. The quantitative estimate of drug-likeness (QED) is 0.582. The number of ether oxygens (including phenoxy) is 2. The first-order chi connectivity index (χ1) is 13.5. The summed E-state index contributed by atoms with van der Waals surface area (Å²) in [7, 11) is -0.752. The number of methoxy groups -OCH3 is 2.